The van der Waals surface area contributed by atoms with Gasteiger partial charge in [-0.1, -0.05) is 84.1 Å². The predicted molar refractivity (Wildman–Crippen MR) is 101 cm³/mol. The summed E-state index contributed by atoms with van der Waals surface area (Å²) in [6, 6.07) is -0.336. The van der Waals surface area contributed by atoms with Crippen LogP contribution in [0.2, 0.25) is 0 Å². The third kappa shape index (κ3) is 14.7. The van der Waals surface area contributed by atoms with Gasteiger partial charge in [0.25, 0.3) is 0 Å². The van der Waals surface area contributed by atoms with Gasteiger partial charge in [0, 0.05) is 12.1 Å². The van der Waals surface area contributed by atoms with E-state index in [-0.39, 0.29) is 6.04 Å². The van der Waals surface area contributed by atoms with Gasteiger partial charge in [0.15, 0.2) is 0 Å². The number of nitrogens with one attached hydrogen (secondary N) is 1. The van der Waals surface area contributed by atoms with Crippen molar-refractivity contribution in [2.75, 3.05) is 0 Å². The van der Waals surface area contributed by atoms with Gasteiger partial charge in [-0.25, -0.2) is 4.79 Å². The molecule has 0 bridgehead atoms. The predicted octanol–water partition coefficient (Wildman–Crippen LogP) is 4.19. The van der Waals surface area contributed by atoms with E-state index in [1.54, 1.807) is 0 Å². The smallest absolute Gasteiger partial charge is 0.328 e. The van der Waals surface area contributed by atoms with Gasteiger partial charge in [-0.05, 0) is 12.8 Å². The van der Waals surface area contributed by atoms with Gasteiger partial charge >= 0.3 is 5.97 Å². The van der Waals surface area contributed by atoms with Gasteiger partial charge in [-0.3, -0.25) is 4.79 Å². The molecule has 5 heteroatoms. The molecule has 3 N–H and O–H groups in total. The molecule has 146 valence electrons. The lowest BCUT2D eigenvalue weighted by Crippen LogP contribution is -2.40. The van der Waals surface area contributed by atoms with Crippen molar-refractivity contribution in [1.82, 2.24) is 5.32 Å². The highest BCUT2D eigenvalue weighted by Crippen LogP contribution is 2.11. The standard InChI is InChI=1S/C20H37NO4/c1-3-5-7-8-9-10-11-12-14-18(22)20(25)21-17(13-6-4-2)15-16-19(23)24/h15-18,22H,3-14H2,1-2H3,(H,21,25)(H,23,24)/b16-15+/t17-,18?/m0/s1. The van der Waals surface area contributed by atoms with Crippen LogP contribution in [0.1, 0.15) is 90.9 Å². The monoisotopic (exact) mass is 355 g/mol. The molecule has 0 radical (unpaired) electrons. The van der Waals surface area contributed by atoms with Crippen molar-refractivity contribution in [2.24, 2.45) is 0 Å². The number of unbranched alkanes of at least 4 members (excludes halogenated alkanes) is 8. The number of carbonyl (C=O) groups is 2. The van der Waals surface area contributed by atoms with Crippen LogP contribution in [0.5, 0.6) is 0 Å². The van der Waals surface area contributed by atoms with Crippen LogP contribution in [-0.2, 0) is 9.59 Å². The second-order valence-corrected chi connectivity index (χ2v) is 6.73. The van der Waals surface area contributed by atoms with Gasteiger partial charge in [-0.15, -0.1) is 0 Å². The van der Waals surface area contributed by atoms with Crippen molar-refractivity contribution in [3.63, 3.8) is 0 Å². The summed E-state index contributed by atoms with van der Waals surface area (Å²) in [5.74, 6) is -1.44. The Morgan fingerprint density at radius 3 is 2.00 bits per heavy atom. The summed E-state index contributed by atoms with van der Waals surface area (Å²) in [4.78, 5) is 22.7. The topological polar surface area (TPSA) is 86.6 Å². The summed E-state index contributed by atoms with van der Waals surface area (Å²) in [6.07, 6.45) is 13.9. The normalized spacial score (nSPS) is 13.7. The zero-order valence-corrected chi connectivity index (χ0v) is 16.0. The average Bonchev–Trinajstić information content (AvgIpc) is 2.59. The maximum absolute atomic E-state index is 12.1. The van der Waals surface area contributed by atoms with Crippen molar-refractivity contribution >= 4 is 11.9 Å². The van der Waals surface area contributed by atoms with Crippen LogP contribution in [0.3, 0.4) is 0 Å². The molecule has 0 aromatic carbocycles. The van der Waals surface area contributed by atoms with Gasteiger partial charge in [0.1, 0.15) is 6.10 Å². The van der Waals surface area contributed by atoms with E-state index in [4.69, 9.17) is 5.11 Å². The van der Waals surface area contributed by atoms with Crippen LogP contribution in [0.15, 0.2) is 12.2 Å². The minimum Gasteiger partial charge on any atom is -0.478 e. The summed E-state index contributed by atoms with van der Waals surface area (Å²) in [7, 11) is 0. The van der Waals surface area contributed by atoms with E-state index >= 15 is 0 Å². The van der Waals surface area contributed by atoms with Crippen molar-refractivity contribution in [2.45, 2.75) is 103 Å². The molecule has 0 aromatic rings. The Kier molecular flexibility index (Phi) is 15.2. The van der Waals surface area contributed by atoms with Crippen LogP contribution < -0.4 is 5.32 Å². The summed E-state index contributed by atoms with van der Waals surface area (Å²) in [5.41, 5.74) is 0. The van der Waals surface area contributed by atoms with E-state index < -0.39 is 18.0 Å². The summed E-state index contributed by atoms with van der Waals surface area (Å²) >= 11 is 0. The zero-order valence-electron chi connectivity index (χ0n) is 16.0. The number of rotatable bonds is 16. The van der Waals surface area contributed by atoms with Gasteiger partial charge in [0.2, 0.25) is 5.91 Å². The Bertz CT molecular complexity index is 382. The molecule has 5 nitrogen and oxygen atoms in total. The number of aliphatic carboxylic acids is 1. The van der Waals surface area contributed by atoms with E-state index in [0.29, 0.717) is 12.8 Å². The molecule has 0 heterocycles. The van der Waals surface area contributed by atoms with Gasteiger partial charge in [0.05, 0.1) is 0 Å². The molecule has 0 saturated heterocycles. The molecule has 25 heavy (non-hydrogen) atoms. The number of hydrogen-bond donors (Lipinski definition) is 3. The van der Waals surface area contributed by atoms with Crippen LogP contribution in [0, 0.1) is 0 Å². The molecule has 0 aromatic heterocycles. The summed E-state index contributed by atoms with van der Waals surface area (Å²) in [6.45, 7) is 4.24. The van der Waals surface area contributed by atoms with E-state index in [1.807, 2.05) is 6.92 Å². The Morgan fingerprint density at radius 1 is 0.880 bits per heavy atom. The zero-order chi connectivity index (χ0) is 18.9. The molecule has 0 saturated carbocycles. The summed E-state index contributed by atoms with van der Waals surface area (Å²) < 4.78 is 0. The van der Waals surface area contributed by atoms with Crippen molar-refractivity contribution in [3.8, 4) is 0 Å². The highest BCUT2D eigenvalue weighted by atomic mass is 16.4. The second-order valence-electron chi connectivity index (χ2n) is 6.73. The maximum atomic E-state index is 12.1. The minimum atomic E-state index is -1.03. The quantitative estimate of drug-likeness (QED) is 0.286. The fourth-order valence-corrected chi connectivity index (χ4v) is 2.72. The first-order chi connectivity index (χ1) is 12.0. The van der Waals surface area contributed by atoms with Crippen molar-refractivity contribution < 1.29 is 19.8 Å². The Hall–Kier alpha value is -1.36. The Labute approximate surface area is 152 Å². The first kappa shape index (κ1) is 23.6. The molecule has 0 aliphatic rings. The molecular weight excluding hydrogens is 318 g/mol. The van der Waals surface area contributed by atoms with Crippen LogP contribution in [-0.4, -0.2) is 34.2 Å². The number of aliphatic hydroxyl groups is 1. The molecule has 2 atom stereocenters. The Balaban J connectivity index is 4.01. The lowest BCUT2D eigenvalue weighted by molar-refractivity contribution is -0.132. The number of aliphatic hydroxyl groups excluding tert-OH is 1. The van der Waals surface area contributed by atoms with E-state index in [2.05, 4.69) is 12.2 Å². The molecule has 0 spiro atoms. The van der Waals surface area contributed by atoms with Gasteiger partial charge in [-0.2, -0.15) is 0 Å². The maximum Gasteiger partial charge on any atom is 0.328 e. The number of amides is 1. The van der Waals surface area contributed by atoms with Crippen LogP contribution in [0.25, 0.3) is 0 Å². The lowest BCUT2D eigenvalue weighted by atomic mass is 10.0. The number of hydrogen-bond acceptors (Lipinski definition) is 3. The largest absolute Gasteiger partial charge is 0.478 e. The first-order valence-corrected chi connectivity index (χ1v) is 9.90. The van der Waals surface area contributed by atoms with Crippen molar-refractivity contribution in [1.29, 1.82) is 0 Å². The third-order valence-corrected chi connectivity index (χ3v) is 4.30. The first-order valence-electron chi connectivity index (χ1n) is 9.90. The van der Waals surface area contributed by atoms with E-state index in [1.165, 1.54) is 38.2 Å². The molecule has 0 fully saturated rings. The fraction of sp³-hybridized carbons (Fsp3) is 0.800. The third-order valence-electron chi connectivity index (χ3n) is 4.30. The number of carboxylic acids is 1. The van der Waals surface area contributed by atoms with E-state index in [0.717, 1.165) is 38.2 Å². The fourth-order valence-electron chi connectivity index (χ4n) is 2.72. The molecule has 0 aliphatic heterocycles. The van der Waals surface area contributed by atoms with E-state index in [9.17, 15) is 14.7 Å². The second kappa shape index (κ2) is 16.1. The molecule has 0 aliphatic carbocycles. The molecule has 1 unspecified atom stereocenters. The molecular formula is C20H37NO4. The van der Waals surface area contributed by atoms with Crippen molar-refractivity contribution in [3.05, 3.63) is 12.2 Å². The van der Waals surface area contributed by atoms with Crippen LogP contribution >= 0.6 is 0 Å². The highest BCUT2D eigenvalue weighted by molar-refractivity contribution is 5.82. The number of carboxylic acid groups (broad SMARTS) is 1. The molecule has 1 amide bonds. The SMILES string of the molecule is CCCCCCCCCCC(O)C(=O)N[C@H](/C=C/C(=O)O)CCCC. The average molecular weight is 356 g/mol. The summed E-state index contributed by atoms with van der Waals surface area (Å²) in [5, 5.41) is 21.4. The minimum absolute atomic E-state index is 0.336. The molecule has 0 rings (SSSR count). The van der Waals surface area contributed by atoms with Crippen LogP contribution in [0.4, 0.5) is 0 Å². The highest BCUT2D eigenvalue weighted by Gasteiger charge is 2.17. The Morgan fingerprint density at radius 2 is 1.44 bits per heavy atom. The number of carbonyl (C=O) groups excluding carboxylic acids is 1. The van der Waals surface area contributed by atoms with Gasteiger partial charge < -0.3 is 15.5 Å². The lowest BCUT2D eigenvalue weighted by Gasteiger charge is -2.17.